The number of amides is 1. The van der Waals surface area contributed by atoms with E-state index < -0.39 is 23.2 Å². The highest BCUT2D eigenvalue weighted by atomic mass is 19.4. The van der Waals surface area contributed by atoms with Crippen LogP contribution in [0.5, 0.6) is 0 Å². The molecule has 0 bridgehead atoms. The normalized spacial score (nSPS) is 13.5. The Labute approximate surface area is 180 Å². The SMILES string of the molecule is O=C1CCCc2c1cc(C(=O)NCc1cccnc1)c(=O)n2-c1ccc(C(F)(F)F)cc1. The maximum Gasteiger partial charge on any atom is 0.416 e. The fraction of sp³-hybridized carbons (Fsp3) is 0.217. The highest BCUT2D eigenvalue weighted by Crippen LogP contribution is 2.30. The number of alkyl halides is 3. The van der Waals surface area contributed by atoms with Crippen molar-refractivity contribution in [1.29, 1.82) is 0 Å². The summed E-state index contributed by atoms with van der Waals surface area (Å²) < 4.78 is 40.0. The van der Waals surface area contributed by atoms with Gasteiger partial charge in [0.2, 0.25) is 0 Å². The van der Waals surface area contributed by atoms with Crippen molar-refractivity contribution in [2.24, 2.45) is 0 Å². The smallest absolute Gasteiger partial charge is 0.348 e. The van der Waals surface area contributed by atoms with Crippen LogP contribution < -0.4 is 10.9 Å². The van der Waals surface area contributed by atoms with E-state index in [0.29, 0.717) is 18.5 Å². The van der Waals surface area contributed by atoms with E-state index in [1.54, 1.807) is 24.5 Å². The lowest BCUT2D eigenvalue weighted by molar-refractivity contribution is -0.137. The van der Waals surface area contributed by atoms with Crippen molar-refractivity contribution >= 4 is 11.7 Å². The van der Waals surface area contributed by atoms with Gasteiger partial charge in [-0.15, -0.1) is 0 Å². The summed E-state index contributed by atoms with van der Waals surface area (Å²) in [6.45, 7) is 0.122. The van der Waals surface area contributed by atoms with Crippen LogP contribution in [0.4, 0.5) is 13.2 Å². The van der Waals surface area contributed by atoms with Gasteiger partial charge in [-0.1, -0.05) is 6.07 Å². The minimum Gasteiger partial charge on any atom is -0.348 e. The average Bonchev–Trinajstić information content (AvgIpc) is 2.77. The zero-order valence-corrected chi connectivity index (χ0v) is 16.8. The molecule has 1 aliphatic carbocycles. The molecule has 0 saturated carbocycles. The number of benzene rings is 1. The predicted octanol–water partition coefficient (Wildman–Crippen LogP) is 3.70. The second-order valence-corrected chi connectivity index (χ2v) is 7.42. The molecule has 0 spiro atoms. The molecule has 0 atom stereocenters. The Morgan fingerprint density at radius 1 is 1.09 bits per heavy atom. The molecule has 32 heavy (non-hydrogen) atoms. The van der Waals surface area contributed by atoms with E-state index in [-0.39, 0.29) is 35.6 Å². The maximum atomic E-state index is 13.2. The zero-order valence-electron chi connectivity index (χ0n) is 16.8. The Bertz CT molecular complexity index is 1230. The van der Waals surface area contributed by atoms with E-state index in [0.717, 1.165) is 17.7 Å². The Balaban J connectivity index is 1.77. The quantitative estimate of drug-likeness (QED) is 0.670. The van der Waals surface area contributed by atoms with E-state index in [9.17, 15) is 27.6 Å². The van der Waals surface area contributed by atoms with Gasteiger partial charge in [-0.05, 0) is 54.8 Å². The van der Waals surface area contributed by atoms with Crippen molar-refractivity contribution < 1.29 is 22.8 Å². The molecule has 1 aromatic carbocycles. The molecule has 0 saturated heterocycles. The molecule has 164 valence electrons. The number of pyridine rings is 2. The van der Waals surface area contributed by atoms with E-state index in [1.807, 2.05) is 0 Å². The van der Waals surface area contributed by atoms with Gasteiger partial charge in [0.25, 0.3) is 11.5 Å². The molecule has 0 radical (unpaired) electrons. The van der Waals surface area contributed by atoms with Crippen molar-refractivity contribution in [3.05, 3.63) is 93.2 Å². The Kier molecular flexibility index (Phi) is 5.65. The molecule has 0 unspecified atom stereocenters. The van der Waals surface area contributed by atoms with E-state index in [2.05, 4.69) is 10.3 Å². The van der Waals surface area contributed by atoms with Crippen LogP contribution in [0.3, 0.4) is 0 Å². The number of nitrogens with zero attached hydrogens (tertiary/aromatic N) is 2. The zero-order chi connectivity index (χ0) is 22.9. The molecule has 9 heteroatoms. The molecule has 3 aromatic rings. The van der Waals surface area contributed by atoms with Crippen molar-refractivity contribution in [3.8, 4) is 5.69 Å². The van der Waals surface area contributed by atoms with E-state index >= 15 is 0 Å². The molecule has 0 aliphatic heterocycles. The van der Waals surface area contributed by atoms with Crippen LogP contribution in [0.2, 0.25) is 0 Å². The summed E-state index contributed by atoms with van der Waals surface area (Å²) in [6, 6.07) is 8.82. The number of aromatic nitrogens is 2. The molecular formula is C23H18F3N3O3. The summed E-state index contributed by atoms with van der Waals surface area (Å²) in [5.41, 5.74) is -0.278. The Morgan fingerprint density at radius 2 is 1.84 bits per heavy atom. The monoisotopic (exact) mass is 441 g/mol. The first-order chi connectivity index (χ1) is 15.3. The van der Waals surface area contributed by atoms with Gasteiger partial charge in [0.1, 0.15) is 5.56 Å². The average molecular weight is 441 g/mol. The second kappa shape index (κ2) is 8.41. The lowest BCUT2D eigenvalue weighted by atomic mass is 9.92. The lowest BCUT2D eigenvalue weighted by Crippen LogP contribution is -2.36. The number of hydrogen-bond acceptors (Lipinski definition) is 4. The van der Waals surface area contributed by atoms with Crippen LogP contribution in [0.15, 0.2) is 59.7 Å². The number of rotatable bonds is 4. The number of ketones is 1. The Hall–Kier alpha value is -3.75. The van der Waals surface area contributed by atoms with Gasteiger partial charge < -0.3 is 5.32 Å². The number of hydrogen-bond donors (Lipinski definition) is 1. The molecule has 2 aromatic heterocycles. The third-order valence-electron chi connectivity index (χ3n) is 5.29. The third-order valence-corrected chi connectivity index (χ3v) is 5.29. The van der Waals surface area contributed by atoms with Gasteiger partial charge in [-0.3, -0.25) is 23.9 Å². The number of carbonyl (C=O) groups excluding carboxylic acids is 2. The van der Waals surface area contributed by atoms with Crippen molar-refractivity contribution in [2.45, 2.75) is 32.0 Å². The molecule has 4 rings (SSSR count). The predicted molar refractivity (Wildman–Crippen MR) is 110 cm³/mol. The minimum atomic E-state index is -4.52. The number of nitrogens with one attached hydrogen (secondary N) is 1. The van der Waals surface area contributed by atoms with Crippen molar-refractivity contribution in [2.75, 3.05) is 0 Å². The molecule has 1 amide bonds. The first-order valence-electron chi connectivity index (χ1n) is 9.92. The first-order valence-corrected chi connectivity index (χ1v) is 9.92. The van der Waals surface area contributed by atoms with Crippen LogP contribution in [-0.4, -0.2) is 21.2 Å². The summed E-state index contributed by atoms with van der Waals surface area (Å²) in [7, 11) is 0. The Morgan fingerprint density at radius 3 is 2.50 bits per heavy atom. The van der Waals surface area contributed by atoms with Gasteiger partial charge in [-0.2, -0.15) is 13.2 Å². The molecule has 1 N–H and O–H groups in total. The number of halogens is 3. The first kappa shape index (κ1) is 21.5. The van der Waals surface area contributed by atoms with Gasteiger partial charge in [0.05, 0.1) is 5.56 Å². The van der Waals surface area contributed by atoms with Crippen LogP contribution in [0.25, 0.3) is 5.69 Å². The summed E-state index contributed by atoms with van der Waals surface area (Å²) in [5, 5.41) is 2.63. The fourth-order valence-electron chi connectivity index (χ4n) is 3.71. The standard InChI is InChI=1S/C23H18F3N3O3/c24-23(25,26)15-6-8-16(9-7-15)29-19-4-1-5-20(30)17(19)11-18(22(29)32)21(31)28-13-14-3-2-10-27-12-14/h2-3,6-12H,1,4-5,13H2,(H,28,31). The van der Waals surface area contributed by atoms with Crippen LogP contribution in [-0.2, 0) is 19.1 Å². The van der Waals surface area contributed by atoms with Crippen LogP contribution >= 0.6 is 0 Å². The topological polar surface area (TPSA) is 81.1 Å². The maximum absolute atomic E-state index is 13.2. The van der Waals surface area contributed by atoms with Gasteiger partial charge in [0, 0.05) is 42.3 Å². The molecule has 6 nitrogen and oxygen atoms in total. The van der Waals surface area contributed by atoms with Gasteiger partial charge in [-0.25, -0.2) is 0 Å². The third kappa shape index (κ3) is 4.18. The summed E-state index contributed by atoms with van der Waals surface area (Å²) in [4.78, 5) is 42.5. The molecular weight excluding hydrogens is 423 g/mol. The minimum absolute atomic E-state index is 0.122. The molecule has 2 heterocycles. The van der Waals surface area contributed by atoms with Crippen LogP contribution in [0, 0.1) is 0 Å². The number of fused-ring (bicyclic) bond motifs is 1. The highest BCUT2D eigenvalue weighted by Gasteiger charge is 2.31. The van der Waals surface area contributed by atoms with Crippen molar-refractivity contribution in [1.82, 2.24) is 14.9 Å². The second-order valence-electron chi connectivity index (χ2n) is 7.42. The largest absolute Gasteiger partial charge is 0.416 e. The van der Waals surface area contributed by atoms with Gasteiger partial charge >= 0.3 is 6.18 Å². The number of Topliss-reactive ketones (excluding diaryl/α,β-unsaturated/α-hetero) is 1. The summed E-state index contributed by atoms with van der Waals surface area (Å²) in [5.74, 6) is -0.895. The van der Waals surface area contributed by atoms with Crippen molar-refractivity contribution in [3.63, 3.8) is 0 Å². The summed E-state index contributed by atoms with van der Waals surface area (Å²) in [6.07, 6.45) is -0.185. The fourth-order valence-corrected chi connectivity index (χ4v) is 3.71. The molecule has 0 fully saturated rings. The van der Waals surface area contributed by atoms with E-state index in [1.165, 1.54) is 22.8 Å². The number of carbonyl (C=O) groups is 2. The molecule has 1 aliphatic rings. The van der Waals surface area contributed by atoms with E-state index in [4.69, 9.17) is 0 Å². The summed E-state index contributed by atoms with van der Waals surface area (Å²) >= 11 is 0. The lowest BCUT2D eigenvalue weighted by Gasteiger charge is -2.22. The highest BCUT2D eigenvalue weighted by molar-refractivity contribution is 6.01. The van der Waals surface area contributed by atoms with Crippen LogP contribution in [0.1, 0.15) is 50.4 Å². The van der Waals surface area contributed by atoms with Gasteiger partial charge in [0.15, 0.2) is 5.78 Å².